The van der Waals surface area contributed by atoms with Gasteiger partial charge in [-0.05, 0) is 60.1 Å². The molecule has 2 N–H and O–H groups in total. The van der Waals surface area contributed by atoms with E-state index < -0.39 is 28.6 Å². The Balaban J connectivity index is 1.47. The van der Waals surface area contributed by atoms with Crippen LogP contribution in [0.2, 0.25) is 0 Å². The Morgan fingerprint density at radius 1 is 1.03 bits per heavy atom. The van der Waals surface area contributed by atoms with Gasteiger partial charge in [-0.25, -0.2) is 8.42 Å². The number of esters is 1. The first-order valence-corrected chi connectivity index (χ1v) is 14.9. The second-order valence-corrected chi connectivity index (χ2v) is 12.5. The SMILES string of the molecule is CC(=O)Nc1ccc(S(=O)(=O)N2CCc3ccccc3C2CC(=O)OCC(=O)NC2CCCC(C)C2C)cc1. The van der Waals surface area contributed by atoms with Gasteiger partial charge in [-0.3, -0.25) is 14.4 Å². The molecule has 10 heteroatoms. The monoisotopic (exact) mass is 555 g/mol. The number of hydrogen-bond donors (Lipinski definition) is 2. The van der Waals surface area contributed by atoms with Crippen LogP contribution < -0.4 is 10.6 Å². The number of benzene rings is 2. The fraction of sp³-hybridized carbons (Fsp3) is 0.483. The number of anilines is 1. The summed E-state index contributed by atoms with van der Waals surface area (Å²) in [5.74, 6) is -0.371. The van der Waals surface area contributed by atoms with Crippen LogP contribution in [0.25, 0.3) is 0 Å². The molecule has 39 heavy (non-hydrogen) atoms. The van der Waals surface area contributed by atoms with E-state index in [1.54, 1.807) is 0 Å². The highest BCUT2D eigenvalue weighted by Gasteiger charge is 2.38. The second-order valence-electron chi connectivity index (χ2n) is 10.6. The first kappa shape index (κ1) is 28.8. The van der Waals surface area contributed by atoms with Gasteiger partial charge in [0.1, 0.15) is 0 Å². The molecular weight excluding hydrogens is 518 g/mol. The molecule has 1 aliphatic heterocycles. The van der Waals surface area contributed by atoms with E-state index in [1.807, 2.05) is 24.3 Å². The highest BCUT2D eigenvalue weighted by atomic mass is 32.2. The Hall–Kier alpha value is -3.24. The number of carbonyl (C=O) groups is 3. The zero-order chi connectivity index (χ0) is 28.2. The predicted molar refractivity (Wildman–Crippen MR) is 147 cm³/mol. The van der Waals surface area contributed by atoms with Gasteiger partial charge in [0.25, 0.3) is 5.91 Å². The first-order valence-electron chi connectivity index (χ1n) is 13.5. The lowest BCUT2D eigenvalue weighted by molar-refractivity contribution is -0.149. The Kier molecular flexibility index (Phi) is 9.07. The van der Waals surface area contributed by atoms with Crippen molar-refractivity contribution in [1.82, 2.24) is 9.62 Å². The number of nitrogens with zero attached hydrogens (tertiary/aromatic N) is 1. The third kappa shape index (κ3) is 6.86. The van der Waals surface area contributed by atoms with Crippen molar-refractivity contribution in [3.05, 3.63) is 59.7 Å². The van der Waals surface area contributed by atoms with Gasteiger partial charge in [-0.1, -0.05) is 51.0 Å². The predicted octanol–water partition coefficient (Wildman–Crippen LogP) is 3.81. The minimum absolute atomic E-state index is 0.0582. The fourth-order valence-corrected chi connectivity index (χ4v) is 7.18. The van der Waals surface area contributed by atoms with E-state index in [-0.39, 0.29) is 35.7 Å². The van der Waals surface area contributed by atoms with Gasteiger partial charge in [0.2, 0.25) is 15.9 Å². The molecule has 1 saturated carbocycles. The van der Waals surface area contributed by atoms with Crippen LogP contribution in [0.15, 0.2) is 53.4 Å². The van der Waals surface area contributed by atoms with Crippen molar-refractivity contribution in [2.45, 2.75) is 69.9 Å². The van der Waals surface area contributed by atoms with E-state index in [4.69, 9.17) is 4.74 Å². The summed E-state index contributed by atoms with van der Waals surface area (Å²) in [5, 5.41) is 5.62. The summed E-state index contributed by atoms with van der Waals surface area (Å²) in [6.45, 7) is 5.48. The van der Waals surface area contributed by atoms with Crippen molar-refractivity contribution in [2.24, 2.45) is 11.8 Å². The third-order valence-electron chi connectivity index (χ3n) is 7.92. The molecule has 4 rings (SSSR count). The van der Waals surface area contributed by atoms with Gasteiger partial charge in [0.15, 0.2) is 6.61 Å². The maximum atomic E-state index is 13.7. The van der Waals surface area contributed by atoms with Crippen molar-refractivity contribution in [3.8, 4) is 0 Å². The molecule has 2 aromatic rings. The minimum atomic E-state index is -3.97. The smallest absolute Gasteiger partial charge is 0.308 e. The van der Waals surface area contributed by atoms with Gasteiger partial charge in [0, 0.05) is 25.2 Å². The molecule has 1 fully saturated rings. The number of nitrogens with one attached hydrogen (secondary N) is 2. The van der Waals surface area contributed by atoms with Crippen LogP contribution >= 0.6 is 0 Å². The van der Waals surface area contributed by atoms with Crippen LogP contribution in [-0.4, -0.2) is 49.7 Å². The molecule has 0 aromatic heterocycles. The summed E-state index contributed by atoms with van der Waals surface area (Å²) in [6, 6.07) is 12.7. The molecule has 2 amide bonds. The number of ether oxygens (including phenoxy) is 1. The van der Waals surface area contributed by atoms with E-state index in [2.05, 4.69) is 24.5 Å². The van der Waals surface area contributed by atoms with Crippen LogP contribution in [0.3, 0.4) is 0 Å². The Labute approximate surface area is 230 Å². The standard InChI is InChI=1S/C29H37N3O6S/c1-19-7-6-10-26(20(19)2)31-28(34)18-38-29(35)17-27-25-9-5-4-8-22(25)15-16-32(27)39(36,37)24-13-11-23(12-14-24)30-21(3)33/h4-5,8-9,11-14,19-20,26-27H,6-7,10,15-18H2,1-3H3,(H,30,33)(H,31,34). The molecule has 1 heterocycles. The average molecular weight is 556 g/mol. The fourth-order valence-electron chi connectivity index (χ4n) is 5.57. The zero-order valence-electron chi connectivity index (χ0n) is 22.7. The highest BCUT2D eigenvalue weighted by molar-refractivity contribution is 7.89. The summed E-state index contributed by atoms with van der Waals surface area (Å²) in [4.78, 5) is 36.8. The largest absolute Gasteiger partial charge is 0.456 e. The van der Waals surface area contributed by atoms with Crippen LogP contribution in [-0.2, 0) is 35.6 Å². The number of rotatable bonds is 8. The van der Waals surface area contributed by atoms with Gasteiger partial charge < -0.3 is 15.4 Å². The molecule has 0 saturated heterocycles. The van der Waals surface area contributed by atoms with Gasteiger partial charge >= 0.3 is 5.97 Å². The topological polar surface area (TPSA) is 122 Å². The molecule has 0 spiro atoms. The van der Waals surface area contributed by atoms with Gasteiger partial charge in [-0.2, -0.15) is 4.31 Å². The van der Waals surface area contributed by atoms with Crippen molar-refractivity contribution in [1.29, 1.82) is 0 Å². The quantitative estimate of drug-likeness (QED) is 0.478. The lowest BCUT2D eigenvalue weighted by Crippen LogP contribution is -2.45. The first-order chi connectivity index (χ1) is 18.6. The normalized spacial score (nSPS) is 23.4. The molecule has 210 valence electrons. The van der Waals surface area contributed by atoms with Gasteiger partial charge in [-0.15, -0.1) is 0 Å². The summed E-state index contributed by atoms with van der Waals surface area (Å²) in [7, 11) is -3.97. The number of sulfonamides is 1. The van der Waals surface area contributed by atoms with Crippen LogP contribution in [0.4, 0.5) is 5.69 Å². The number of hydrogen-bond acceptors (Lipinski definition) is 6. The van der Waals surface area contributed by atoms with E-state index in [9.17, 15) is 22.8 Å². The Morgan fingerprint density at radius 3 is 2.46 bits per heavy atom. The number of fused-ring (bicyclic) bond motifs is 1. The zero-order valence-corrected chi connectivity index (χ0v) is 23.5. The van der Waals surface area contributed by atoms with Crippen molar-refractivity contribution >= 4 is 33.5 Å². The van der Waals surface area contributed by atoms with Crippen molar-refractivity contribution < 1.29 is 27.5 Å². The molecule has 4 unspecified atom stereocenters. The maximum Gasteiger partial charge on any atom is 0.308 e. The van der Waals surface area contributed by atoms with Gasteiger partial charge in [0.05, 0.1) is 17.4 Å². The molecule has 9 nitrogen and oxygen atoms in total. The summed E-state index contributed by atoms with van der Waals surface area (Å²) >= 11 is 0. The van der Waals surface area contributed by atoms with E-state index in [1.165, 1.54) is 35.5 Å². The minimum Gasteiger partial charge on any atom is -0.456 e. The number of carbonyl (C=O) groups excluding carboxylic acids is 3. The molecule has 2 aromatic carbocycles. The van der Waals surface area contributed by atoms with E-state index in [0.717, 1.165) is 30.4 Å². The lowest BCUT2D eigenvalue weighted by Gasteiger charge is -2.36. The summed E-state index contributed by atoms with van der Waals surface area (Å²) in [5.41, 5.74) is 2.20. The maximum absolute atomic E-state index is 13.7. The molecular formula is C29H37N3O6S. The Morgan fingerprint density at radius 2 is 1.74 bits per heavy atom. The average Bonchev–Trinajstić information content (AvgIpc) is 2.90. The Bertz CT molecular complexity index is 1310. The molecule has 1 aliphatic carbocycles. The second kappa shape index (κ2) is 12.3. The van der Waals surface area contributed by atoms with Crippen molar-refractivity contribution in [2.75, 3.05) is 18.5 Å². The van der Waals surface area contributed by atoms with E-state index >= 15 is 0 Å². The lowest BCUT2D eigenvalue weighted by atomic mass is 9.78. The highest BCUT2D eigenvalue weighted by Crippen LogP contribution is 2.37. The molecule has 0 radical (unpaired) electrons. The van der Waals surface area contributed by atoms with Crippen LogP contribution in [0.1, 0.15) is 63.6 Å². The summed E-state index contributed by atoms with van der Waals surface area (Å²) in [6.07, 6.45) is 3.39. The molecule has 0 bridgehead atoms. The van der Waals surface area contributed by atoms with Crippen molar-refractivity contribution in [3.63, 3.8) is 0 Å². The molecule has 4 atom stereocenters. The summed E-state index contributed by atoms with van der Waals surface area (Å²) < 4.78 is 34.0. The molecule has 2 aliphatic rings. The van der Waals surface area contributed by atoms with E-state index in [0.29, 0.717) is 23.9 Å². The third-order valence-corrected chi connectivity index (χ3v) is 9.84. The number of amides is 2. The van der Waals surface area contributed by atoms with Crippen LogP contribution in [0, 0.1) is 11.8 Å². The van der Waals surface area contributed by atoms with Crippen LogP contribution in [0.5, 0.6) is 0 Å².